The second-order valence-electron chi connectivity index (χ2n) is 7.18. The number of rotatable bonds is 6. The maximum atomic E-state index is 13.3. The number of benzene rings is 2. The lowest BCUT2D eigenvalue weighted by molar-refractivity contribution is -0.137. The molecule has 0 saturated carbocycles. The van der Waals surface area contributed by atoms with Gasteiger partial charge in [-0.05, 0) is 11.1 Å². The van der Waals surface area contributed by atoms with E-state index >= 15 is 0 Å². The van der Waals surface area contributed by atoms with E-state index in [1.807, 2.05) is 36.4 Å². The zero-order chi connectivity index (χ0) is 20.1. The second kappa shape index (κ2) is 8.86. The zero-order valence-electron chi connectivity index (χ0n) is 16.4. The molecule has 1 amide bonds. The first kappa shape index (κ1) is 20.5. The lowest BCUT2D eigenvalue weighted by Crippen LogP contribution is -2.52. The molecule has 1 heterocycles. The average Bonchev–Trinajstić information content (AvgIpc) is 2.69. The van der Waals surface area contributed by atoms with Crippen molar-refractivity contribution in [3.63, 3.8) is 0 Å². The predicted molar refractivity (Wildman–Crippen MR) is 110 cm³/mol. The minimum atomic E-state index is -3.51. The van der Waals surface area contributed by atoms with Crippen LogP contribution in [0.4, 0.5) is 0 Å². The molecular weight excluding hydrogens is 374 g/mol. The Morgan fingerprint density at radius 2 is 1.50 bits per heavy atom. The van der Waals surface area contributed by atoms with Gasteiger partial charge in [-0.25, -0.2) is 8.42 Å². The Labute approximate surface area is 167 Å². The Kier molecular flexibility index (Phi) is 6.49. The van der Waals surface area contributed by atoms with Gasteiger partial charge < -0.3 is 4.90 Å². The van der Waals surface area contributed by atoms with Crippen molar-refractivity contribution in [2.24, 2.45) is 0 Å². The van der Waals surface area contributed by atoms with E-state index in [-0.39, 0.29) is 5.91 Å². The molecule has 28 heavy (non-hydrogen) atoms. The summed E-state index contributed by atoms with van der Waals surface area (Å²) in [5, 5.41) is 0. The first-order chi connectivity index (χ1) is 13.4. The van der Waals surface area contributed by atoms with Crippen LogP contribution in [0.25, 0.3) is 0 Å². The van der Waals surface area contributed by atoms with Gasteiger partial charge in [0.05, 0.1) is 6.26 Å². The predicted octanol–water partition coefficient (Wildman–Crippen LogP) is 1.96. The highest BCUT2D eigenvalue weighted by Crippen LogP contribution is 2.25. The quantitative estimate of drug-likeness (QED) is 0.743. The fourth-order valence-electron chi connectivity index (χ4n) is 3.48. The van der Waals surface area contributed by atoms with Crippen LogP contribution >= 0.6 is 0 Å². The topological polar surface area (TPSA) is 60.9 Å². The van der Waals surface area contributed by atoms with Crippen LogP contribution in [0.2, 0.25) is 0 Å². The molecule has 1 aliphatic rings. The molecule has 0 aromatic heterocycles. The molecule has 1 saturated heterocycles. The first-order valence-corrected chi connectivity index (χ1v) is 11.2. The summed E-state index contributed by atoms with van der Waals surface area (Å²) in [6.07, 6.45) is 1.13. The molecule has 1 aliphatic heterocycles. The van der Waals surface area contributed by atoms with Crippen molar-refractivity contribution in [3.8, 4) is 0 Å². The fourth-order valence-corrected chi connectivity index (χ4v) is 4.07. The van der Waals surface area contributed by atoms with Gasteiger partial charge in [0.1, 0.15) is 6.04 Å². The Hall–Kier alpha value is -2.22. The molecule has 2 aromatic carbocycles. The van der Waals surface area contributed by atoms with E-state index in [0.29, 0.717) is 18.7 Å². The van der Waals surface area contributed by atoms with Gasteiger partial charge >= 0.3 is 0 Å². The molecule has 1 atom stereocenters. The number of carbonyl (C=O) groups is 1. The minimum absolute atomic E-state index is 0.168. The normalized spacial score (nSPS) is 16.9. The van der Waals surface area contributed by atoms with Crippen molar-refractivity contribution in [2.45, 2.75) is 12.6 Å². The third-order valence-electron chi connectivity index (χ3n) is 5.17. The van der Waals surface area contributed by atoms with Crippen LogP contribution in [0.1, 0.15) is 17.2 Å². The molecule has 150 valence electrons. The molecule has 2 aromatic rings. The summed E-state index contributed by atoms with van der Waals surface area (Å²) in [5.41, 5.74) is 1.94. The zero-order valence-corrected chi connectivity index (χ0v) is 17.2. The van der Waals surface area contributed by atoms with E-state index in [4.69, 9.17) is 0 Å². The average molecular weight is 402 g/mol. The van der Waals surface area contributed by atoms with Gasteiger partial charge in [-0.15, -0.1) is 0 Å². The van der Waals surface area contributed by atoms with E-state index in [0.717, 1.165) is 25.9 Å². The minimum Gasteiger partial charge on any atom is -0.338 e. The summed E-state index contributed by atoms with van der Waals surface area (Å²) in [5.74, 6) is -0.168. The second-order valence-corrected chi connectivity index (χ2v) is 9.22. The Bertz CT molecular complexity index is 880. The third kappa shape index (κ3) is 4.98. The van der Waals surface area contributed by atoms with Gasteiger partial charge in [-0.2, -0.15) is 4.31 Å². The molecule has 0 N–H and O–H groups in total. The van der Waals surface area contributed by atoms with Gasteiger partial charge in [0, 0.05) is 39.8 Å². The van der Waals surface area contributed by atoms with Gasteiger partial charge in [-0.3, -0.25) is 9.69 Å². The van der Waals surface area contributed by atoms with Crippen LogP contribution in [0, 0.1) is 0 Å². The van der Waals surface area contributed by atoms with E-state index in [2.05, 4.69) is 17.0 Å². The lowest BCUT2D eigenvalue weighted by Gasteiger charge is -2.38. The number of nitrogens with zero attached hydrogens (tertiary/aromatic N) is 3. The van der Waals surface area contributed by atoms with Gasteiger partial charge in [0.15, 0.2) is 0 Å². The highest BCUT2D eigenvalue weighted by atomic mass is 32.2. The number of hydrogen-bond acceptors (Lipinski definition) is 4. The van der Waals surface area contributed by atoms with Crippen LogP contribution in [0.15, 0.2) is 60.7 Å². The van der Waals surface area contributed by atoms with Crippen LogP contribution in [-0.2, 0) is 21.4 Å². The first-order valence-electron chi connectivity index (χ1n) is 9.39. The monoisotopic (exact) mass is 401 g/mol. The third-order valence-corrected chi connectivity index (χ3v) is 6.43. The summed E-state index contributed by atoms with van der Waals surface area (Å²) >= 11 is 0. The van der Waals surface area contributed by atoms with Crippen LogP contribution in [-0.4, -0.2) is 67.9 Å². The maximum Gasteiger partial charge on any atom is 0.245 e. The van der Waals surface area contributed by atoms with Crippen molar-refractivity contribution >= 4 is 15.9 Å². The molecule has 0 spiro atoms. The Morgan fingerprint density at radius 1 is 0.964 bits per heavy atom. The van der Waals surface area contributed by atoms with E-state index in [1.165, 1.54) is 16.9 Å². The SMILES string of the molecule is CN([C@@H](C(=O)N1CCN(Cc2ccccc2)CC1)c1ccccc1)S(C)(=O)=O. The van der Waals surface area contributed by atoms with Gasteiger partial charge in [-0.1, -0.05) is 60.7 Å². The molecule has 0 unspecified atom stereocenters. The van der Waals surface area contributed by atoms with Crippen LogP contribution < -0.4 is 0 Å². The number of piperazine rings is 1. The molecule has 0 radical (unpaired) electrons. The number of amides is 1. The maximum absolute atomic E-state index is 13.3. The van der Waals surface area contributed by atoms with Crippen molar-refractivity contribution < 1.29 is 13.2 Å². The smallest absolute Gasteiger partial charge is 0.245 e. The Morgan fingerprint density at radius 3 is 2.04 bits per heavy atom. The number of likely N-dealkylation sites (N-methyl/N-ethyl adjacent to an activating group) is 1. The standard InChI is InChI=1S/C21H27N3O3S/c1-22(28(2,26)27)20(19-11-7-4-8-12-19)21(25)24-15-13-23(14-16-24)17-18-9-5-3-6-10-18/h3-12,20H,13-17H2,1-2H3/t20-/m1/s1. The lowest BCUT2D eigenvalue weighted by atomic mass is 10.1. The molecule has 3 rings (SSSR count). The Balaban J connectivity index is 1.70. The van der Waals surface area contributed by atoms with Gasteiger partial charge in [0.25, 0.3) is 0 Å². The molecule has 6 nitrogen and oxygen atoms in total. The molecule has 0 aliphatic carbocycles. The van der Waals surface area contributed by atoms with E-state index in [1.54, 1.807) is 17.0 Å². The highest BCUT2D eigenvalue weighted by molar-refractivity contribution is 7.88. The number of sulfonamides is 1. The summed E-state index contributed by atoms with van der Waals surface area (Å²) in [6.45, 7) is 3.57. The molecule has 7 heteroatoms. The molecular formula is C21H27N3O3S. The van der Waals surface area contributed by atoms with Gasteiger partial charge in [0.2, 0.25) is 15.9 Å². The summed E-state index contributed by atoms with van der Waals surface area (Å²) in [4.78, 5) is 17.3. The largest absolute Gasteiger partial charge is 0.338 e. The summed E-state index contributed by atoms with van der Waals surface area (Å²) < 4.78 is 25.4. The highest BCUT2D eigenvalue weighted by Gasteiger charge is 2.35. The molecule has 0 bridgehead atoms. The van der Waals surface area contributed by atoms with Crippen molar-refractivity contribution in [1.29, 1.82) is 0 Å². The van der Waals surface area contributed by atoms with E-state index in [9.17, 15) is 13.2 Å². The summed E-state index contributed by atoms with van der Waals surface area (Å²) in [7, 11) is -2.04. The summed E-state index contributed by atoms with van der Waals surface area (Å²) in [6, 6.07) is 18.5. The van der Waals surface area contributed by atoms with E-state index < -0.39 is 16.1 Å². The number of hydrogen-bond donors (Lipinski definition) is 0. The molecule has 1 fully saturated rings. The van der Waals surface area contributed by atoms with Crippen LogP contribution in [0.3, 0.4) is 0 Å². The van der Waals surface area contributed by atoms with Crippen LogP contribution in [0.5, 0.6) is 0 Å². The number of carbonyl (C=O) groups excluding carboxylic acids is 1. The fraction of sp³-hybridized carbons (Fsp3) is 0.381. The van der Waals surface area contributed by atoms with Crippen molar-refractivity contribution in [1.82, 2.24) is 14.1 Å². The van der Waals surface area contributed by atoms with Crippen molar-refractivity contribution in [2.75, 3.05) is 39.5 Å². The van der Waals surface area contributed by atoms with Crippen molar-refractivity contribution in [3.05, 3.63) is 71.8 Å².